The first-order valence-electron chi connectivity index (χ1n) is 5.00. The molecule has 7 N–H and O–H groups in total. The molecular weight excluding hydrogens is 246 g/mol. The molecule has 0 fully saturated rings. The number of esters is 2. The Labute approximate surface area is 102 Å². The summed E-state index contributed by atoms with van der Waals surface area (Å²) in [5.74, 6) is -4.18. The molecule has 0 aliphatic heterocycles. The van der Waals surface area contributed by atoms with Gasteiger partial charge in [-0.1, -0.05) is 0 Å². The van der Waals surface area contributed by atoms with Gasteiger partial charge >= 0.3 is 17.9 Å². The van der Waals surface area contributed by atoms with Gasteiger partial charge in [-0.3, -0.25) is 14.4 Å². The summed E-state index contributed by atoms with van der Waals surface area (Å²) in [6.45, 7) is 0. The van der Waals surface area contributed by atoms with E-state index in [-0.39, 0.29) is 12.8 Å². The summed E-state index contributed by atoms with van der Waals surface area (Å²) in [6, 6.07) is -2.63. The molecular formula is C9H15N3O6. The molecule has 0 saturated heterocycles. The predicted molar refractivity (Wildman–Crippen MR) is 57.7 cm³/mol. The van der Waals surface area contributed by atoms with Crippen LogP contribution >= 0.6 is 0 Å². The van der Waals surface area contributed by atoms with Gasteiger partial charge in [-0.15, -0.1) is 0 Å². The number of rotatable bonds is 7. The van der Waals surface area contributed by atoms with E-state index in [4.69, 9.17) is 22.3 Å². The Kier molecular flexibility index (Phi) is 6.53. The van der Waals surface area contributed by atoms with Crippen molar-refractivity contribution in [2.45, 2.75) is 31.3 Å². The highest BCUT2D eigenvalue weighted by Crippen LogP contribution is 1.99. The second-order valence-corrected chi connectivity index (χ2v) is 3.55. The molecule has 0 aliphatic carbocycles. The van der Waals surface area contributed by atoms with E-state index in [2.05, 4.69) is 4.74 Å². The van der Waals surface area contributed by atoms with Crippen LogP contribution in [0.3, 0.4) is 0 Å². The van der Waals surface area contributed by atoms with Gasteiger partial charge in [-0.2, -0.15) is 0 Å². The summed E-state index contributed by atoms with van der Waals surface area (Å²) >= 11 is 0. The highest BCUT2D eigenvalue weighted by molar-refractivity contribution is 5.90. The van der Waals surface area contributed by atoms with E-state index < -0.39 is 42.3 Å². The normalized spacial score (nSPS) is 13.4. The van der Waals surface area contributed by atoms with Crippen LogP contribution in [0.15, 0.2) is 0 Å². The van der Waals surface area contributed by atoms with Crippen LogP contribution in [0.1, 0.15) is 19.3 Å². The first kappa shape index (κ1) is 16.0. The number of ether oxygens (including phenoxy) is 1. The highest BCUT2D eigenvalue weighted by Gasteiger charge is 2.23. The van der Waals surface area contributed by atoms with Gasteiger partial charge in [0.1, 0.15) is 12.1 Å². The monoisotopic (exact) mass is 261 g/mol. The van der Waals surface area contributed by atoms with Gasteiger partial charge in [-0.25, -0.2) is 4.79 Å². The predicted octanol–water partition coefficient (Wildman–Crippen LogP) is -2.55. The van der Waals surface area contributed by atoms with E-state index in [1.165, 1.54) is 0 Å². The van der Waals surface area contributed by atoms with E-state index in [0.29, 0.717) is 0 Å². The smallest absolute Gasteiger partial charge is 0.330 e. The van der Waals surface area contributed by atoms with Crippen LogP contribution < -0.4 is 17.2 Å². The summed E-state index contributed by atoms with van der Waals surface area (Å²) in [4.78, 5) is 43.1. The van der Waals surface area contributed by atoms with Gasteiger partial charge in [0.05, 0.1) is 6.42 Å². The van der Waals surface area contributed by atoms with Gasteiger partial charge in [0, 0.05) is 6.42 Å². The second-order valence-electron chi connectivity index (χ2n) is 3.55. The number of amides is 1. The quantitative estimate of drug-likeness (QED) is 0.286. The lowest BCUT2D eigenvalue weighted by Gasteiger charge is -2.10. The molecule has 0 radical (unpaired) electrons. The molecule has 1 amide bonds. The van der Waals surface area contributed by atoms with Crippen molar-refractivity contribution in [2.24, 2.45) is 17.2 Å². The molecule has 0 saturated carbocycles. The number of hydrogen-bond acceptors (Lipinski definition) is 7. The Bertz CT molecular complexity index is 356. The van der Waals surface area contributed by atoms with E-state index in [0.717, 1.165) is 0 Å². The molecule has 9 nitrogen and oxygen atoms in total. The van der Waals surface area contributed by atoms with E-state index in [9.17, 15) is 19.2 Å². The van der Waals surface area contributed by atoms with Gasteiger partial charge in [0.15, 0.2) is 0 Å². The standard InChI is InChI=1S/C9H15N3O6/c10-4(1-2-6(12)13)9(17)18-7(14)3-5(11)8(15)16/h4-5H,1-3,10-11H2,(H2,12,13)(H,15,16)/t4-,5-/m0/s1. The highest BCUT2D eigenvalue weighted by atomic mass is 16.6. The molecule has 2 atom stereocenters. The maximum absolute atomic E-state index is 11.2. The van der Waals surface area contributed by atoms with E-state index >= 15 is 0 Å². The number of nitrogens with two attached hydrogens (primary N) is 3. The minimum absolute atomic E-state index is 0.0631. The zero-order valence-corrected chi connectivity index (χ0v) is 9.50. The summed E-state index contributed by atoms with van der Waals surface area (Å²) < 4.78 is 4.27. The number of primary amides is 1. The van der Waals surface area contributed by atoms with Crippen molar-refractivity contribution in [1.82, 2.24) is 0 Å². The SMILES string of the molecule is NC(=O)CC[C@H](N)C(=O)OC(=O)C[C@H](N)C(=O)O. The first-order valence-corrected chi connectivity index (χ1v) is 5.00. The third-order valence-corrected chi connectivity index (χ3v) is 1.92. The van der Waals surface area contributed by atoms with Crippen molar-refractivity contribution >= 4 is 23.8 Å². The average Bonchev–Trinajstić information content (AvgIpc) is 2.24. The van der Waals surface area contributed by atoms with Crippen molar-refractivity contribution < 1.29 is 29.0 Å². The number of carbonyl (C=O) groups is 4. The topological polar surface area (TPSA) is 176 Å². The van der Waals surface area contributed by atoms with Crippen molar-refractivity contribution in [2.75, 3.05) is 0 Å². The van der Waals surface area contributed by atoms with Gasteiger partial charge in [0.2, 0.25) is 5.91 Å². The molecule has 9 heteroatoms. The molecule has 0 aromatic carbocycles. The van der Waals surface area contributed by atoms with Crippen molar-refractivity contribution in [3.8, 4) is 0 Å². The number of carbonyl (C=O) groups excluding carboxylic acids is 3. The maximum Gasteiger partial charge on any atom is 0.330 e. The molecule has 0 spiro atoms. The summed E-state index contributed by atoms with van der Waals surface area (Å²) in [5.41, 5.74) is 15.2. The fourth-order valence-electron chi connectivity index (χ4n) is 0.912. The summed E-state index contributed by atoms with van der Waals surface area (Å²) in [6.07, 6.45) is -0.838. The molecule has 0 aliphatic rings. The molecule has 0 bridgehead atoms. The molecule has 0 rings (SSSR count). The number of carboxylic acid groups (broad SMARTS) is 1. The molecule has 102 valence electrons. The minimum atomic E-state index is -1.45. The lowest BCUT2D eigenvalue weighted by Crippen LogP contribution is -2.37. The van der Waals surface area contributed by atoms with Gasteiger partial charge in [0.25, 0.3) is 0 Å². The Morgan fingerprint density at radius 1 is 1.11 bits per heavy atom. The average molecular weight is 261 g/mol. The lowest BCUT2D eigenvalue weighted by atomic mass is 10.1. The number of carboxylic acids is 1. The van der Waals surface area contributed by atoms with E-state index in [1.807, 2.05) is 0 Å². The van der Waals surface area contributed by atoms with Crippen LogP contribution in [0.5, 0.6) is 0 Å². The van der Waals surface area contributed by atoms with Crippen LogP contribution in [-0.2, 0) is 23.9 Å². The molecule has 0 unspecified atom stereocenters. The van der Waals surface area contributed by atoms with Crippen molar-refractivity contribution in [3.63, 3.8) is 0 Å². The molecule has 18 heavy (non-hydrogen) atoms. The third-order valence-electron chi connectivity index (χ3n) is 1.92. The van der Waals surface area contributed by atoms with Crippen molar-refractivity contribution in [3.05, 3.63) is 0 Å². The Morgan fingerprint density at radius 3 is 2.11 bits per heavy atom. The van der Waals surface area contributed by atoms with Gasteiger partial charge in [-0.05, 0) is 6.42 Å². The number of hydrogen-bond donors (Lipinski definition) is 4. The van der Waals surface area contributed by atoms with Gasteiger partial charge < -0.3 is 27.0 Å². The maximum atomic E-state index is 11.2. The zero-order chi connectivity index (χ0) is 14.3. The van der Waals surface area contributed by atoms with Crippen molar-refractivity contribution in [1.29, 1.82) is 0 Å². The van der Waals surface area contributed by atoms with Crippen LogP contribution in [0.4, 0.5) is 0 Å². The molecule has 0 aromatic rings. The lowest BCUT2D eigenvalue weighted by molar-refractivity contribution is -0.162. The minimum Gasteiger partial charge on any atom is -0.480 e. The number of aliphatic carboxylic acids is 1. The Morgan fingerprint density at radius 2 is 1.67 bits per heavy atom. The van der Waals surface area contributed by atoms with Crippen LogP contribution in [0, 0.1) is 0 Å². The summed E-state index contributed by atoms with van der Waals surface area (Å²) in [7, 11) is 0. The Hall–Kier alpha value is -2.00. The fourth-order valence-corrected chi connectivity index (χ4v) is 0.912. The molecule has 0 heterocycles. The molecule has 0 aromatic heterocycles. The zero-order valence-electron chi connectivity index (χ0n) is 9.50. The first-order chi connectivity index (χ1) is 8.23. The van der Waals surface area contributed by atoms with Crippen LogP contribution in [-0.4, -0.2) is 41.0 Å². The fraction of sp³-hybridized carbons (Fsp3) is 0.556. The van der Waals surface area contributed by atoms with E-state index in [1.54, 1.807) is 0 Å². The summed E-state index contributed by atoms with van der Waals surface area (Å²) in [5, 5.41) is 8.43. The third kappa shape index (κ3) is 6.55. The second kappa shape index (κ2) is 7.35. The largest absolute Gasteiger partial charge is 0.480 e. The van der Waals surface area contributed by atoms with Crippen LogP contribution in [0.25, 0.3) is 0 Å². The van der Waals surface area contributed by atoms with Crippen LogP contribution in [0.2, 0.25) is 0 Å². The Balaban J connectivity index is 4.10.